The lowest BCUT2D eigenvalue weighted by atomic mass is 11.9. The molecule has 0 unspecified atom stereocenters. The highest BCUT2D eigenvalue weighted by molar-refractivity contribution is 7.89. The molecule has 0 saturated carbocycles. The van der Waals surface area contributed by atoms with Gasteiger partial charge in [-0.3, -0.25) is 0 Å². The minimum Gasteiger partial charge on any atom is -0.617 e. The molecule has 3 N–H and O–H groups in total. The Morgan fingerprint density at radius 2 is 1.40 bits per heavy atom. The van der Waals surface area contributed by atoms with E-state index in [9.17, 15) is 4.55 Å². The van der Waals surface area contributed by atoms with Crippen molar-refractivity contribution >= 4 is 11.2 Å². The van der Waals surface area contributed by atoms with E-state index in [1.54, 1.807) is 12.5 Å². The van der Waals surface area contributed by atoms with Gasteiger partial charge in [0.05, 0.1) is 12.5 Å². The third-order valence-electron chi connectivity index (χ3n) is 0. The maximum atomic E-state index is 9.56. The van der Waals surface area contributed by atoms with E-state index in [1.807, 2.05) is 0 Å². The molecular formula is C2H9NOS. The molecule has 0 aromatic heterocycles. The molecule has 0 atom stereocenters. The van der Waals surface area contributed by atoms with E-state index in [-0.39, 0.29) is 6.15 Å². The summed E-state index contributed by atoms with van der Waals surface area (Å²) >= 11 is -0.611. The molecule has 0 radical (unpaired) electrons. The van der Waals surface area contributed by atoms with Crippen molar-refractivity contribution in [1.82, 2.24) is 6.15 Å². The van der Waals surface area contributed by atoms with Crippen LogP contribution in [0, 0.1) is 0 Å². The average molecular weight is 95.2 g/mol. The molecule has 0 spiro atoms. The van der Waals surface area contributed by atoms with E-state index in [1.165, 1.54) is 0 Å². The van der Waals surface area contributed by atoms with Crippen LogP contribution in [-0.4, -0.2) is 17.1 Å². The molecule has 0 aromatic carbocycles. The van der Waals surface area contributed by atoms with Gasteiger partial charge in [-0.2, -0.15) is 0 Å². The zero-order valence-corrected chi connectivity index (χ0v) is 4.34. The SMILES string of the molecule is C[S+](C)[O-].N. The fourth-order valence-corrected chi connectivity index (χ4v) is 0. The van der Waals surface area contributed by atoms with Crippen LogP contribution in [0.3, 0.4) is 0 Å². The fourth-order valence-electron chi connectivity index (χ4n) is 0. The summed E-state index contributed by atoms with van der Waals surface area (Å²) in [5, 5.41) is 0. The van der Waals surface area contributed by atoms with Crippen molar-refractivity contribution in [2.24, 2.45) is 0 Å². The van der Waals surface area contributed by atoms with Gasteiger partial charge in [0.25, 0.3) is 0 Å². The Morgan fingerprint density at radius 3 is 1.40 bits per heavy atom. The summed E-state index contributed by atoms with van der Waals surface area (Å²) in [7, 11) is 0. The monoisotopic (exact) mass is 95.0 g/mol. The third-order valence-corrected chi connectivity index (χ3v) is 0. The molecule has 2 nitrogen and oxygen atoms in total. The Bertz CT molecular complexity index is 14.4. The van der Waals surface area contributed by atoms with Crippen LogP contribution in [0.25, 0.3) is 0 Å². The Hall–Kier alpha value is 0.270. The molecule has 34 valence electrons. The van der Waals surface area contributed by atoms with Crippen LogP contribution in [0.4, 0.5) is 0 Å². The summed E-state index contributed by atoms with van der Waals surface area (Å²) in [4.78, 5) is 0. The fraction of sp³-hybridized carbons (Fsp3) is 1.00. The Kier molecular flexibility index (Phi) is 7.67. The van der Waals surface area contributed by atoms with Gasteiger partial charge in [0.2, 0.25) is 0 Å². The van der Waals surface area contributed by atoms with Crippen molar-refractivity contribution in [3.8, 4) is 0 Å². The van der Waals surface area contributed by atoms with Crippen LogP contribution in [0.1, 0.15) is 0 Å². The van der Waals surface area contributed by atoms with E-state index in [2.05, 4.69) is 0 Å². The van der Waals surface area contributed by atoms with Crippen LogP contribution in [0.2, 0.25) is 0 Å². The molecule has 0 bridgehead atoms. The first-order chi connectivity index (χ1) is 1.73. The van der Waals surface area contributed by atoms with Crippen LogP contribution in [0.15, 0.2) is 0 Å². The Labute approximate surface area is 35.3 Å². The van der Waals surface area contributed by atoms with E-state index in [0.717, 1.165) is 0 Å². The van der Waals surface area contributed by atoms with E-state index < -0.39 is 11.2 Å². The zero-order chi connectivity index (χ0) is 3.58. The first-order valence-electron chi connectivity index (χ1n) is 0.983. The van der Waals surface area contributed by atoms with Gasteiger partial charge in [-0.1, -0.05) is 11.2 Å². The summed E-state index contributed by atoms with van der Waals surface area (Å²) in [6.45, 7) is 0. The summed E-state index contributed by atoms with van der Waals surface area (Å²) in [5.74, 6) is 0. The molecule has 0 aromatic rings. The van der Waals surface area contributed by atoms with E-state index >= 15 is 0 Å². The van der Waals surface area contributed by atoms with Crippen molar-refractivity contribution in [2.45, 2.75) is 0 Å². The molecule has 0 heterocycles. The van der Waals surface area contributed by atoms with Crippen molar-refractivity contribution in [3.05, 3.63) is 0 Å². The van der Waals surface area contributed by atoms with Gasteiger partial charge in [0, 0.05) is 0 Å². The lowest BCUT2D eigenvalue weighted by molar-refractivity contribution is 0.606. The smallest absolute Gasteiger partial charge is 0.0946 e. The summed E-state index contributed by atoms with van der Waals surface area (Å²) < 4.78 is 9.56. The van der Waals surface area contributed by atoms with Crippen LogP contribution < -0.4 is 6.15 Å². The Morgan fingerprint density at radius 1 is 1.40 bits per heavy atom. The normalized spacial score (nSPS) is 7.20. The standard InChI is InChI=1S/C2H6OS.H3N/c1-4(2)3;/h1-2H3;1H3. The van der Waals surface area contributed by atoms with Crippen LogP contribution in [-0.2, 0) is 11.2 Å². The molecular weight excluding hydrogens is 86.1 g/mol. The molecule has 0 aliphatic rings. The van der Waals surface area contributed by atoms with E-state index in [4.69, 9.17) is 0 Å². The molecule has 3 heteroatoms. The largest absolute Gasteiger partial charge is 0.617 e. The lowest BCUT2D eigenvalue weighted by Gasteiger charge is -1.87. The lowest BCUT2D eigenvalue weighted by Crippen LogP contribution is -1.86. The highest BCUT2D eigenvalue weighted by atomic mass is 32.2. The molecule has 0 saturated heterocycles. The van der Waals surface area contributed by atoms with Gasteiger partial charge in [-0.25, -0.2) is 0 Å². The van der Waals surface area contributed by atoms with Crippen molar-refractivity contribution in [3.63, 3.8) is 0 Å². The maximum Gasteiger partial charge on any atom is 0.0946 e. The van der Waals surface area contributed by atoms with Crippen molar-refractivity contribution in [1.29, 1.82) is 0 Å². The first kappa shape index (κ1) is 8.99. The highest BCUT2D eigenvalue weighted by Crippen LogP contribution is 1.61. The molecule has 0 rings (SSSR count). The minimum atomic E-state index is -0.611. The van der Waals surface area contributed by atoms with Crippen molar-refractivity contribution in [2.75, 3.05) is 12.5 Å². The number of hydrogen-bond acceptors (Lipinski definition) is 2. The van der Waals surface area contributed by atoms with Gasteiger partial charge in [0.1, 0.15) is 0 Å². The van der Waals surface area contributed by atoms with Gasteiger partial charge in [-0.05, 0) is 0 Å². The van der Waals surface area contributed by atoms with E-state index in [0.29, 0.717) is 0 Å². The van der Waals surface area contributed by atoms with Gasteiger partial charge >= 0.3 is 0 Å². The average Bonchev–Trinajstić information content (AvgIpc) is 0.811. The second kappa shape index (κ2) is 4.27. The zero-order valence-electron chi connectivity index (χ0n) is 3.52. The maximum absolute atomic E-state index is 9.56. The molecule has 0 aliphatic carbocycles. The minimum absolute atomic E-state index is 0. The van der Waals surface area contributed by atoms with Gasteiger partial charge < -0.3 is 10.7 Å². The molecule has 5 heavy (non-hydrogen) atoms. The number of hydrogen-bond donors (Lipinski definition) is 1. The highest BCUT2D eigenvalue weighted by Gasteiger charge is 1.66. The third kappa shape index (κ3) is 302. The topological polar surface area (TPSA) is 58.1 Å². The Balaban J connectivity index is 0. The van der Waals surface area contributed by atoms with Crippen molar-refractivity contribution < 1.29 is 4.55 Å². The predicted octanol–water partition coefficient (Wildman–Crippen LogP) is 0.157. The molecule has 0 amide bonds. The summed E-state index contributed by atoms with van der Waals surface area (Å²) in [6, 6.07) is 0. The first-order valence-corrected chi connectivity index (χ1v) is 2.95. The summed E-state index contributed by atoms with van der Waals surface area (Å²) in [6.07, 6.45) is 3.28. The number of rotatable bonds is 0. The second-order valence-corrected chi connectivity index (χ2v) is 2.22. The molecule has 0 aliphatic heterocycles. The van der Waals surface area contributed by atoms with Crippen LogP contribution in [0.5, 0.6) is 0 Å². The predicted molar refractivity (Wildman–Crippen MR) is 25.0 cm³/mol. The molecule has 0 fully saturated rings. The summed E-state index contributed by atoms with van der Waals surface area (Å²) in [5.41, 5.74) is 0. The van der Waals surface area contributed by atoms with Gasteiger partial charge in [-0.15, -0.1) is 0 Å². The van der Waals surface area contributed by atoms with Crippen LogP contribution >= 0.6 is 0 Å². The quantitative estimate of drug-likeness (QED) is 0.435. The second-order valence-electron chi connectivity index (χ2n) is 0.742. The van der Waals surface area contributed by atoms with Gasteiger partial charge in [0.15, 0.2) is 0 Å².